The molecule has 0 radical (unpaired) electrons. The molecule has 0 saturated carbocycles. The summed E-state index contributed by atoms with van der Waals surface area (Å²) in [5.41, 5.74) is 0.235. The predicted molar refractivity (Wildman–Crippen MR) is 77.6 cm³/mol. The number of rotatable bonds is 6. The molecule has 1 aromatic rings. The van der Waals surface area contributed by atoms with Gasteiger partial charge >= 0.3 is 6.61 Å². The van der Waals surface area contributed by atoms with Crippen LogP contribution in [0.25, 0.3) is 0 Å². The number of amides is 1. The summed E-state index contributed by atoms with van der Waals surface area (Å²) in [4.78, 5) is 12.2. The number of carbonyl (C=O) groups excluding carboxylic acids is 1. The van der Waals surface area contributed by atoms with Crippen molar-refractivity contribution in [2.45, 2.75) is 31.9 Å². The lowest BCUT2D eigenvalue weighted by Gasteiger charge is -2.24. The Morgan fingerprint density at radius 1 is 1.45 bits per heavy atom. The molecule has 122 valence electrons. The third-order valence-electron chi connectivity index (χ3n) is 3.74. The fraction of sp³-hybridized carbons (Fsp3) is 0.533. The van der Waals surface area contributed by atoms with E-state index in [0.717, 1.165) is 19.4 Å². The maximum Gasteiger partial charge on any atom is 0.387 e. The third-order valence-corrected chi connectivity index (χ3v) is 3.74. The van der Waals surface area contributed by atoms with Gasteiger partial charge in [-0.2, -0.15) is 8.78 Å². The Morgan fingerprint density at radius 2 is 2.23 bits per heavy atom. The van der Waals surface area contributed by atoms with Gasteiger partial charge in [0.25, 0.3) is 5.91 Å². The maximum atomic E-state index is 12.3. The average molecular weight is 314 g/mol. The highest BCUT2D eigenvalue weighted by atomic mass is 19.3. The molecule has 1 heterocycles. The molecule has 1 fully saturated rings. The second-order valence-corrected chi connectivity index (χ2v) is 5.52. The summed E-state index contributed by atoms with van der Waals surface area (Å²) >= 11 is 0. The number of halogens is 2. The molecular formula is C15H20F2N2O3. The Bertz CT molecular complexity index is 532. The van der Waals surface area contributed by atoms with Crippen molar-refractivity contribution in [3.63, 3.8) is 0 Å². The van der Waals surface area contributed by atoms with E-state index < -0.39 is 6.61 Å². The van der Waals surface area contributed by atoms with Crippen LogP contribution in [0.1, 0.15) is 30.1 Å². The van der Waals surface area contributed by atoms with Gasteiger partial charge in [0.15, 0.2) is 11.5 Å². The van der Waals surface area contributed by atoms with Crippen molar-refractivity contribution < 1.29 is 23.0 Å². The predicted octanol–water partition coefficient (Wildman–Crippen LogP) is 2.17. The number of ether oxygens (including phenoxy) is 2. The molecule has 1 aliphatic rings. The first kappa shape index (κ1) is 16.5. The number of nitrogens with one attached hydrogen (secondary N) is 2. The van der Waals surface area contributed by atoms with Crippen LogP contribution in [0.3, 0.4) is 0 Å². The minimum absolute atomic E-state index is 0.0955. The molecule has 1 aliphatic heterocycles. The van der Waals surface area contributed by atoms with Gasteiger partial charge in [-0.1, -0.05) is 0 Å². The number of methoxy groups -OCH3 is 1. The van der Waals surface area contributed by atoms with E-state index in [2.05, 4.69) is 22.3 Å². The van der Waals surface area contributed by atoms with Crippen LogP contribution in [-0.4, -0.2) is 38.3 Å². The maximum absolute atomic E-state index is 12.3. The zero-order valence-corrected chi connectivity index (χ0v) is 12.6. The molecule has 0 unspecified atom stereocenters. The SMILES string of the molecule is COc1cc(C(=O)NC[C@]2(C)CCCN2)ccc1OC(F)F. The summed E-state index contributed by atoms with van der Waals surface area (Å²) < 4.78 is 33.8. The summed E-state index contributed by atoms with van der Waals surface area (Å²) in [7, 11) is 1.33. The van der Waals surface area contributed by atoms with Gasteiger partial charge in [0.1, 0.15) is 0 Å². The molecule has 2 N–H and O–H groups in total. The first-order valence-corrected chi connectivity index (χ1v) is 7.10. The molecule has 0 aromatic heterocycles. The van der Waals surface area contributed by atoms with Crippen LogP contribution >= 0.6 is 0 Å². The first-order chi connectivity index (χ1) is 10.4. The normalized spacial score (nSPS) is 21.0. The van der Waals surface area contributed by atoms with Gasteiger partial charge in [-0.3, -0.25) is 4.79 Å². The van der Waals surface area contributed by atoms with E-state index in [1.165, 1.54) is 25.3 Å². The Labute approximate surface area is 128 Å². The van der Waals surface area contributed by atoms with Crippen molar-refractivity contribution in [3.8, 4) is 11.5 Å². The van der Waals surface area contributed by atoms with E-state index in [0.29, 0.717) is 12.1 Å². The molecule has 1 saturated heterocycles. The van der Waals surface area contributed by atoms with E-state index in [4.69, 9.17) is 4.74 Å². The highest BCUT2D eigenvalue weighted by Gasteiger charge is 2.28. The van der Waals surface area contributed by atoms with Crippen molar-refractivity contribution in [2.75, 3.05) is 20.2 Å². The zero-order chi connectivity index (χ0) is 16.2. The fourth-order valence-electron chi connectivity index (χ4n) is 2.49. The van der Waals surface area contributed by atoms with E-state index in [-0.39, 0.29) is 22.9 Å². The van der Waals surface area contributed by atoms with E-state index in [1.807, 2.05) is 0 Å². The second kappa shape index (κ2) is 6.91. The van der Waals surface area contributed by atoms with Gasteiger partial charge in [0, 0.05) is 17.6 Å². The van der Waals surface area contributed by atoms with Crippen LogP contribution in [0, 0.1) is 0 Å². The van der Waals surface area contributed by atoms with Gasteiger partial charge in [-0.25, -0.2) is 0 Å². The number of benzene rings is 1. The summed E-state index contributed by atoms with van der Waals surface area (Å²) in [6.07, 6.45) is 2.08. The van der Waals surface area contributed by atoms with Crippen molar-refractivity contribution in [3.05, 3.63) is 23.8 Å². The van der Waals surface area contributed by atoms with Crippen LogP contribution in [0.4, 0.5) is 8.78 Å². The lowest BCUT2D eigenvalue weighted by molar-refractivity contribution is -0.0512. The molecule has 0 bridgehead atoms. The van der Waals surface area contributed by atoms with E-state index in [1.54, 1.807) is 0 Å². The summed E-state index contributed by atoms with van der Waals surface area (Å²) in [6, 6.07) is 4.12. The molecule has 2 rings (SSSR count). The molecule has 7 heteroatoms. The average Bonchev–Trinajstić information content (AvgIpc) is 2.92. The van der Waals surface area contributed by atoms with Crippen molar-refractivity contribution in [1.82, 2.24) is 10.6 Å². The largest absolute Gasteiger partial charge is 0.493 e. The fourth-order valence-corrected chi connectivity index (χ4v) is 2.49. The number of alkyl halides is 2. The molecule has 22 heavy (non-hydrogen) atoms. The summed E-state index contributed by atoms with van der Waals surface area (Å²) in [5, 5.41) is 6.20. The Balaban J connectivity index is 2.03. The highest BCUT2D eigenvalue weighted by Crippen LogP contribution is 2.29. The lowest BCUT2D eigenvalue weighted by atomic mass is 10.0. The van der Waals surface area contributed by atoms with Crippen molar-refractivity contribution >= 4 is 5.91 Å². The number of carbonyl (C=O) groups is 1. The Kier molecular flexibility index (Phi) is 5.18. The van der Waals surface area contributed by atoms with E-state index in [9.17, 15) is 13.6 Å². The van der Waals surface area contributed by atoms with Crippen molar-refractivity contribution in [1.29, 1.82) is 0 Å². The molecule has 5 nitrogen and oxygen atoms in total. The molecular weight excluding hydrogens is 294 g/mol. The van der Waals surface area contributed by atoms with Gasteiger partial charge in [-0.05, 0) is 44.5 Å². The van der Waals surface area contributed by atoms with Gasteiger partial charge in [0.2, 0.25) is 0 Å². The smallest absolute Gasteiger partial charge is 0.387 e. The van der Waals surface area contributed by atoms with Gasteiger partial charge < -0.3 is 20.1 Å². The van der Waals surface area contributed by atoms with Crippen LogP contribution in [0.15, 0.2) is 18.2 Å². The Hall–Kier alpha value is -1.89. The minimum Gasteiger partial charge on any atom is -0.493 e. The molecule has 0 aliphatic carbocycles. The molecule has 1 amide bonds. The van der Waals surface area contributed by atoms with Crippen LogP contribution in [-0.2, 0) is 0 Å². The minimum atomic E-state index is -2.94. The van der Waals surface area contributed by atoms with Crippen LogP contribution < -0.4 is 20.1 Å². The highest BCUT2D eigenvalue weighted by molar-refractivity contribution is 5.94. The van der Waals surface area contributed by atoms with Crippen LogP contribution in [0.5, 0.6) is 11.5 Å². The van der Waals surface area contributed by atoms with Gasteiger partial charge in [-0.15, -0.1) is 0 Å². The molecule has 0 spiro atoms. The lowest BCUT2D eigenvalue weighted by Crippen LogP contribution is -2.47. The topological polar surface area (TPSA) is 59.6 Å². The third kappa shape index (κ3) is 4.07. The number of hydrogen-bond acceptors (Lipinski definition) is 4. The van der Waals surface area contributed by atoms with Crippen LogP contribution in [0.2, 0.25) is 0 Å². The molecule has 1 aromatic carbocycles. The van der Waals surface area contributed by atoms with Gasteiger partial charge in [0.05, 0.1) is 7.11 Å². The Morgan fingerprint density at radius 3 is 2.82 bits per heavy atom. The van der Waals surface area contributed by atoms with Crippen molar-refractivity contribution in [2.24, 2.45) is 0 Å². The monoisotopic (exact) mass is 314 g/mol. The zero-order valence-electron chi connectivity index (χ0n) is 12.6. The summed E-state index contributed by atoms with van der Waals surface area (Å²) in [5.74, 6) is -0.284. The first-order valence-electron chi connectivity index (χ1n) is 7.10. The van der Waals surface area contributed by atoms with E-state index >= 15 is 0 Å². The number of hydrogen-bond donors (Lipinski definition) is 2. The second-order valence-electron chi connectivity index (χ2n) is 5.52. The quantitative estimate of drug-likeness (QED) is 0.845. The summed E-state index contributed by atoms with van der Waals surface area (Å²) in [6.45, 7) is 0.561. The standard InChI is InChI=1S/C15H20F2N2O3/c1-15(6-3-7-19-15)9-18-13(20)10-4-5-11(22-14(16)17)12(8-10)21-2/h4-5,8,14,19H,3,6-7,9H2,1-2H3,(H,18,20)/t15-/m0/s1. The molecule has 1 atom stereocenters.